The maximum Gasteiger partial charge on any atom is 0.149 e. The summed E-state index contributed by atoms with van der Waals surface area (Å²) in [5.74, 6) is -1.07. The van der Waals surface area contributed by atoms with Gasteiger partial charge in [-0.1, -0.05) is 19.1 Å². The molecule has 3 atom stereocenters. The van der Waals surface area contributed by atoms with Gasteiger partial charge in [-0.15, -0.1) is 0 Å². The Morgan fingerprint density at radius 2 is 1.94 bits per heavy atom. The Labute approximate surface area is 179 Å². The fourth-order valence-electron chi connectivity index (χ4n) is 3.92. The zero-order valence-corrected chi connectivity index (χ0v) is 17.2. The number of aromatic nitrogens is 2. The summed E-state index contributed by atoms with van der Waals surface area (Å²) in [6.45, 7) is 3.46. The van der Waals surface area contributed by atoms with Gasteiger partial charge in [-0.25, -0.2) is 13.8 Å². The number of benzene rings is 1. The summed E-state index contributed by atoms with van der Waals surface area (Å²) < 4.78 is 28.4. The number of hydrogen-bond acceptors (Lipinski definition) is 6. The van der Waals surface area contributed by atoms with Gasteiger partial charge in [-0.3, -0.25) is 4.98 Å². The van der Waals surface area contributed by atoms with Gasteiger partial charge in [0.1, 0.15) is 17.3 Å². The van der Waals surface area contributed by atoms with Crippen molar-refractivity contribution in [3.8, 4) is 11.3 Å². The molecule has 31 heavy (non-hydrogen) atoms. The van der Waals surface area contributed by atoms with Gasteiger partial charge in [0.2, 0.25) is 0 Å². The molecule has 6 nitrogen and oxygen atoms in total. The first-order chi connectivity index (χ1) is 14.9. The van der Waals surface area contributed by atoms with Crippen LogP contribution >= 0.6 is 0 Å². The highest BCUT2D eigenvalue weighted by Gasteiger charge is 2.31. The standard InChI is InChI=1S/C23H25F2N5O/c1-14-12-30(13-19(26)23(14)31)21-8-9-27-11-20(21)28-10-15-6-7-18(25)22(29-15)16-4-2-3-5-17(16)24/h2-9,11,14,19,23,28,31H,10,12-13,26H2,1H3. The number of piperidine rings is 1. The number of nitrogens with two attached hydrogens (primary N) is 1. The van der Waals surface area contributed by atoms with Crippen molar-refractivity contribution >= 4 is 11.4 Å². The van der Waals surface area contributed by atoms with Crippen LogP contribution in [-0.4, -0.2) is 40.3 Å². The average Bonchev–Trinajstić information content (AvgIpc) is 2.77. The van der Waals surface area contributed by atoms with Crippen LogP contribution in [0.5, 0.6) is 0 Å². The average molecular weight is 425 g/mol. The molecule has 3 unspecified atom stereocenters. The van der Waals surface area contributed by atoms with E-state index in [-0.39, 0.29) is 23.2 Å². The smallest absolute Gasteiger partial charge is 0.149 e. The van der Waals surface area contributed by atoms with Gasteiger partial charge in [0, 0.05) is 36.8 Å². The molecule has 4 N–H and O–H groups in total. The number of nitrogens with one attached hydrogen (secondary N) is 1. The topological polar surface area (TPSA) is 87.3 Å². The summed E-state index contributed by atoms with van der Waals surface area (Å²) in [7, 11) is 0. The maximum absolute atomic E-state index is 14.3. The van der Waals surface area contributed by atoms with E-state index in [0.717, 1.165) is 11.4 Å². The zero-order chi connectivity index (χ0) is 22.0. The third-order valence-corrected chi connectivity index (χ3v) is 5.59. The number of aliphatic hydroxyl groups excluding tert-OH is 1. The number of pyridine rings is 2. The van der Waals surface area contributed by atoms with Gasteiger partial charge in [0.15, 0.2) is 0 Å². The van der Waals surface area contributed by atoms with E-state index in [2.05, 4.69) is 20.2 Å². The Balaban J connectivity index is 1.55. The van der Waals surface area contributed by atoms with E-state index in [1.54, 1.807) is 30.6 Å². The van der Waals surface area contributed by atoms with Gasteiger partial charge >= 0.3 is 0 Å². The molecule has 1 aromatic carbocycles. The van der Waals surface area contributed by atoms with E-state index in [0.29, 0.717) is 25.3 Å². The van der Waals surface area contributed by atoms with E-state index >= 15 is 0 Å². The van der Waals surface area contributed by atoms with Crippen LogP contribution in [0.4, 0.5) is 20.2 Å². The second-order valence-electron chi connectivity index (χ2n) is 7.90. The van der Waals surface area contributed by atoms with Crippen molar-refractivity contribution in [2.75, 3.05) is 23.3 Å². The summed E-state index contributed by atoms with van der Waals surface area (Å²) in [5, 5.41) is 13.4. The summed E-state index contributed by atoms with van der Waals surface area (Å²) in [6.07, 6.45) is 2.88. The molecule has 0 saturated carbocycles. The highest BCUT2D eigenvalue weighted by molar-refractivity contribution is 5.69. The van der Waals surface area contributed by atoms with E-state index < -0.39 is 17.7 Å². The highest BCUT2D eigenvalue weighted by Crippen LogP contribution is 2.30. The van der Waals surface area contributed by atoms with Crippen LogP contribution < -0.4 is 16.0 Å². The van der Waals surface area contributed by atoms with Crippen LogP contribution in [0.3, 0.4) is 0 Å². The molecule has 1 aliphatic rings. The zero-order valence-electron chi connectivity index (χ0n) is 17.2. The largest absolute Gasteiger partial charge is 0.391 e. The number of anilines is 2. The Bertz CT molecular complexity index is 1050. The van der Waals surface area contributed by atoms with Crippen LogP contribution in [-0.2, 0) is 6.54 Å². The van der Waals surface area contributed by atoms with Crippen LogP contribution in [0.15, 0.2) is 54.9 Å². The third kappa shape index (κ3) is 4.50. The minimum atomic E-state index is -0.578. The molecule has 0 radical (unpaired) electrons. The number of rotatable bonds is 5. The van der Waals surface area contributed by atoms with Crippen molar-refractivity contribution in [2.45, 2.75) is 25.6 Å². The molecule has 4 rings (SSSR count). The van der Waals surface area contributed by atoms with Crippen LogP contribution in [0.2, 0.25) is 0 Å². The van der Waals surface area contributed by atoms with Crippen molar-refractivity contribution < 1.29 is 13.9 Å². The quantitative estimate of drug-likeness (QED) is 0.582. The lowest BCUT2D eigenvalue weighted by atomic mass is 9.92. The summed E-state index contributed by atoms with van der Waals surface area (Å²) in [6, 6.07) is 10.4. The molecular formula is C23H25F2N5O. The fourth-order valence-corrected chi connectivity index (χ4v) is 3.92. The monoisotopic (exact) mass is 425 g/mol. The number of hydrogen-bond donors (Lipinski definition) is 3. The van der Waals surface area contributed by atoms with Crippen molar-refractivity contribution in [1.82, 2.24) is 9.97 Å². The molecular weight excluding hydrogens is 400 g/mol. The van der Waals surface area contributed by atoms with Crippen LogP contribution in [0.1, 0.15) is 12.6 Å². The Morgan fingerprint density at radius 3 is 2.71 bits per heavy atom. The third-order valence-electron chi connectivity index (χ3n) is 5.59. The van der Waals surface area contributed by atoms with E-state index in [4.69, 9.17) is 5.73 Å². The van der Waals surface area contributed by atoms with Gasteiger partial charge in [-0.05, 0) is 30.3 Å². The molecule has 0 amide bonds. The predicted octanol–water partition coefficient (Wildman–Crippen LogP) is 3.18. The summed E-state index contributed by atoms with van der Waals surface area (Å²) in [5.41, 5.74) is 8.47. The van der Waals surface area contributed by atoms with Gasteiger partial charge in [0.05, 0.1) is 35.9 Å². The molecule has 8 heteroatoms. The van der Waals surface area contributed by atoms with Crippen LogP contribution in [0, 0.1) is 17.6 Å². The molecule has 3 heterocycles. The van der Waals surface area contributed by atoms with E-state index in [9.17, 15) is 13.9 Å². The SMILES string of the molecule is CC1CN(c2ccncc2NCc2ccc(F)c(-c3ccccc3F)n2)CC(N)C1O. The normalized spacial score (nSPS) is 21.2. The summed E-state index contributed by atoms with van der Waals surface area (Å²) >= 11 is 0. The first-order valence-electron chi connectivity index (χ1n) is 10.2. The highest BCUT2D eigenvalue weighted by atomic mass is 19.1. The van der Waals surface area contributed by atoms with Gasteiger partial charge < -0.3 is 21.1 Å². The van der Waals surface area contributed by atoms with E-state index in [1.165, 1.54) is 18.2 Å². The predicted molar refractivity (Wildman–Crippen MR) is 117 cm³/mol. The van der Waals surface area contributed by atoms with Crippen LogP contribution in [0.25, 0.3) is 11.3 Å². The molecule has 3 aromatic rings. The minimum absolute atomic E-state index is 0.0198. The molecule has 0 spiro atoms. The molecule has 1 saturated heterocycles. The summed E-state index contributed by atoms with van der Waals surface area (Å²) in [4.78, 5) is 10.6. The Morgan fingerprint density at radius 1 is 1.13 bits per heavy atom. The van der Waals surface area contributed by atoms with Crippen molar-refractivity contribution in [1.29, 1.82) is 0 Å². The van der Waals surface area contributed by atoms with Crippen molar-refractivity contribution in [3.63, 3.8) is 0 Å². The van der Waals surface area contributed by atoms with E-state index in [1.807, 2.05) is 13.0 Å². The second-order valence-corrected chi connectivity index (χ2v) is 7.90. The minimum Gasteiger partial charge on any atom is -0.391 e. The first kappa shape index (κ1) is 21.1. The number of halogens is 2. The lowest BCUT2D eigenvalue weighted by molar-refractivity contribution is 0.0785. The molecule has 0 aliphatic carbocycles. The first-order valence-corrected chi connectivity index (χ1v) is 10.2. The molecule has 1 fully saturated rings. The maximum atomic E-state index is 14.3. The van der Waals surface area contributed by atoms with Crippen molar-refractivity contribution in [3.05, 3.63) is 72.2 Å². The number of nitrogens with zero attached hydrogens (tertiary/aromatic N) is 3. The molecule has 2 aromatic heterocycles. The molecule has 0 bridgehead atoms. The van der Waals surface area contributed by atoms with Crippen molar-refractivity contribution in [2.24, 2.45) is 11.7 Å². The number of aliphatic hydroxyl groups is 1. The Hall–Kier alpha value is -3.10. The van der Waals surface area contributed by atoms with Gasteiger partial charge in [0.25, 0.3) is 0 Å². The Kier molecular flexibility index (Phi) is 6.11. The lowest BCUT2D eigenvalue weighted by Crippen LogP contribution is -2.55. The lowest BCUT2D eigenvalue weighted by Gasteiger charge is -2.40. The molecule has 162 valence electrons. The van der Waals surface area contributed by atoms with Gasteiger partial charge in [-0.2, -0.15) is 0 Å². The second kappa shape index (κ2) is 8.95. The molecule has 1 aliphatic heterocycles. The fraction of sp³-hybridized carbons (Fsp3) is 0.304.